The molecule has 0 radical (unpaired) electrons. The van der Waals surface area contributed by atoms with Crippen LogP contribution in [0.5, 0.6) is 0 Å². The fourth-order valence-electron chi connectivity index (χ4n) is 2.57. The quantitative estimate of drug-likeness (QED) is 0.849. The average molecular weight is 313 g/mol. The van der Waals surface area contributed by atoms with E-state index in [2.05, 4.69) is 0 Å². The van der Waals surface area contributed by atoms with E-state index in [1.165, 1.54) is 11.1 Å². The molecule has 120 valence electrons. The maximum absolute atomic E-state index is 12.0. The molecule has 1 aliphatic rings. The van der Waals surface area contributed by atoms with Gasteiger partial charge in [0.05, 0.1) is 0 Å². The number of nitrogens with one attached hydrogen (secondary N) is 1. The van der Waals surface area contributed by atoms with Gasteiger partial charge in [0.15, 0.2) is 5.78 Å². The molecular weight excluding hydrogens is 295 g/mol. The Morgan fingerprint density at radius 1 is 1.05 bits per heavy atom. The predicted octanol–water partition coefficient (Wildman–Crippen LogP) is 3.21. The lowest BCUT2D eigenvalue weighted by Crippen LogP contribution is -2.33. The van der Waals surface area contributed by atoms with Crippen LogP contribution in [-0.2, 0) is 17.6 Å². The number of halogens is 3. The first-order valence-corrected chi connectivity index (χ1v) is 7.33. The van der Waals surface area contributed by atoms with Gasteiger partial charge in [0.2, 0.25) is 5.91 Å². The Labute approximate surface area is 126 Å². The second-order valence-corrected chi connectivity index (χ2v) is 5.51. The predicted molar refractivity (Wildman–Crippen MR) is 75.7 cm³/mol. The second-order valence-electron chi connectivity index (χ2n) is 5.51. The highest BCUT2D eigenvalue weighted by Crippen LogP contribution is 2.23. The molecule has 0 saturated carbocycles. The van der Waals surface area contributed by atoms with Crippen molar-refractivity contribution in [2.45, 2.75) is 44.7 Å². The molecule has 0 bridgehead atoms. The number of hydrogen-bond donors (Lipinski definition) is 1. The number of rotatable bonds is 5. The SMILES string of the molecule is O=C(CCC(=O)c1ccc2c(c1)CCCC2)NCC(F)(F)F. The number of ketones is 1. The molecule has 22 heavy (non-hydrogen) atoms. The highest BCUT2D eigenvalue weighted by Gasteiger charge is 2.27. The lowest BCUT2D eigenvalue weighted by atomic mass is 9.89. The van der Waals surface area contributed by atoms with Gasteiger partial charge in [0.25, 0.3) is 0 Å². The molecular formula is C16H18F3NO2. The van der Waals surface area contributed by atoms with Gasteiger partial charge in [-0.15, -0.1) is 0 Å². The second kappa shape index (κ2) is 6.94. The summed E-state index contributed by atoms with van der Waals surface area (Å²) in [4.78, 5) is 23.3. The number of hydrogen-bond acceptors (Lipinski definition) is 2. The zero-order chi connectivity index (χ0) is 16.2. The van der Waals surface area contributed by atoms with E-state index in [4.69, 9.17) is 0 Å². The van der Waals surface area contributed by atoms with Crippen LogP contribution in [0.25, 0.3) is 0 Å². The zero-order valence-electron chi connectivity index (χ0n) is 12.1. The lowest BCUT2D eigenvalue weighted by Gasteiger charge is -2.16. The summed E-state index contributed by atoms with van der Waals surface area (Å²) in [6.45, 7) is -1.36. The molecule has 0 unspecified atom stereocenters. The van der Waals surface area contributed by atoms with E-state index in [0.29, 0.717) is 5.56 Å². The monoisotopic (exact) mass is 313 g/mol. The molecule has 0 heterocycles. The van der Waals surface area contributed by atoms with Gasteiger partial charge in [-0.1, -0.05) is 12.1 Å². The minimum Gasteiger partial charge on any atom is -0.347 e. The number of aryl methyl sites for hydroxylation is 2. The van der Waals surface area contributed by atoms with Crippen molar-refractivity contribution in [1.29, 1.82) is 0 Å². The van der Waals surface area contributed by atoms with E-state index >= 15 is 0 Å². The van der Waals surface area contributed by atoms with Gasteiger partial charge >= 0.3 is 6.18 Å². The van der Waals surface area contributed by atoms with Gasteiger partial charge in [0, 0.05) is 18.4 Å². The van der Waals surface area contributed by atoms with Gasteiger partial charge in [-0.3, -0.25) is 9.59 Å². The number of benzene rings is 1. The van der Waals surface area contributed by atoms with Crippen molar-refractivity contribution in [1.82, 2.24) is 5.32 Å². The van der Waals surface area contributed by atoms with E-state index in [-0.39, 0.29) is 18.6 Å². The maximum Gasteiger partial charge on any atom is 0.405 e. The zero-order valence-corrected chi connectivity index (χ0v) is 12.1. The Hall–Kier alpha value is -1.85. The third-order valence-corrected chi connectivity index (χ3v) is 3.74. The van der Waals surface area contributed by atoms with Gasteiger partial charge in [-0.2, -0.15) is 13.2 Å². The highest BCUT2D eigenvalue weighted by atomic mass is 19.4. The van der Waals surface area contributed by atoms with Crippen LogP contribution in [-0.4, -0.2) is 24.4 Å². The molecule has 0 fully saturated rings. The first kappa shape index (κ1) is 16.5. The highest BCUT2D eigenvalue weighted by molar-refractivity contribution is 5.98. The largest absolute Gasteiger partial charge is 0.405 e. The van der Waals surface area contributed by atoms with Gasteiger partial charge in [-0.25, -0.2) is 0 Å². The summed E-state index contributed by atoms with van der Waals surface area (Å²) in [5.41, 5.74) is 2.95. The Morgan fingerprint density at radius 2 is 1.73 bits per heavy atom. The fraction of sp³-hybridized carbons (Fsp3) is 0.500. The van der Waals surface area contributed by atoms with Crippen LogP contribution in [0.3, 0.4) is 0 Å². The van der Waals surface area contributed by atoms with Crippen LogP contribution in [0.4, 0.5) is 13.2 Å². The number of carbonyl (C=O) groups excluding carboxylic acids is 2. The van der Waals surface area contributed by atoms with Gasteiger partial charge in [0.1, 0.15) is 6.54 Å². The third-order valence-electron chi connectivity index (χ3n) is 3.74. The van der Waals surface area contributed by atoms with Gasteiger partial charge in [-0.05, 0) is 42.9 Å². The summed E-state index contributed by atoms with van der Waals surface area (Å²) in [5.74, 6) is -0.973. The Kier molecular flexibility index (Phi) is 5.21. The van der Waals surface area contributed by atoms with E-state index < -0.39 is 18.6 Å². The Morgan fingerprint density at radius 3 is 2.41 bits per heavy atom. The molecule has 0 aliphatic heterocycles. The van der Waals surface area contributed by atoms with Crippen LogP contribution < -0.4 is 5.32 Å². The summed E-state index contributed by atoms with van der Waals surface area (Å²) in [6.07, 6.45) is -0.525. The van der Waals surface area contributed by atoms with Crippen molar-refractivity contribution in [2.75, 3.05) is 6.54 Å². The minimum atomic E-state index is -4.43. The molecule has 1 aromatic rings. The van der Waals surface area contributed by atoms with Crippen LogP contribution in [0.15, 0.2) is 18.2 Å². The molecule has 1 N–H and O–H groups in total. The van der Waals surface area contributed by atoms with Crippen molar-refractivity contribution in [3.63, 3.8) is 0 Å². The van der Waals surface area contributed by atoms with E-state index in [9.17, 15) is 22.8 Å². The maximum atomic E-state index is 12.0. The van der Waals surface area contributed by atoms with Crippen molar-refractivity contribution >= 4 is 11.7 Å². The molecule has 1 amide bonds. The van der Waals surface area contributed by atoms with Gasteiger partial charge < -0.3 is 5.32 Å². The van der Waals surface area contributed by atoms with E-state index in [0.717, 1.165) is 25.7 Å². The minimum absolute atomic E-state index is 0.0809. The summed E-state index contributed by atoms with van der Waals surface area (Å²) >= 11 is 0. The van der Waals surface area contributed by atoms with Crippen LogP contribution >= 0.6 is 0 Å². The van der Waals surface area contributed by atoms with E-state index in [1.807, 2.05) is 12.1 Å². The van der Waals surface area contributed by atoms with Crippen LogP contribution in [0, 0.1) is 0 Å². The molecule has 0 spiro atoms. The number of fused-ring (bicyclic) bond motifs is 1. The standard InChI is InChI=1S/C16H18F3NO2/c17-16(18,19)10-20-15(22)8-7-14(21)13-6-5-11-3-1-2-4-12(11)9-13/h5-6,9H,1-4,7-8,10H2,(H,20,22). The first-order chi connectivity index (χ1) is 10.3. The number of amides is 1. The molecule has 0 aromatic heterocycles. The number of alkyl halides is 3. The summed E-state index contributed by atoms with van der Waals surface area (Å²) < 4.78 is 35.9. The molecule has 0 saturated heterocycles. The Bertz CT molecular complexity index is 567. The average Bonchev–Trinajstić information content (AvgIpc) is 2.49. The molecule has 1 aliphatic carbocycles. The topological polar surface area (TPSA) is 46.2 Å². The summed E-state index contributed by atoms with van der Waals surface area (Å²) in [6, 6.07) is 5.52. The molecule has 0 atom stereocenters. The molecule has 1 aromatic carbocycles. The van der Waals surface area contributed by atoms with Crippen molar-refractivity contribution < 1.29 is 22.8 Å². The third kappa shape index (κ3) is 4.86. The Balaban J connectivity index is 1.86. The molecule has 6 heteroatoms. The van der Waals surface area contributed by atoms with Crippen LogP contribution in [0.1, 0.15) is 47.2 Å². The van der Waals surface area contributed by atoms with Crippen molar-refractivity contribution in [2.24, 2.45) is 0 Å². The fourth-order valence-corrected chi connectivity index (χ4v) is 2.57. The summed E-state index contributed by atoms with van der Waals surface area (Å²) in [7, 11) is 0. The number of Topliss-reactive ketones (excluding diaryl/α,β-unsaturated/α-hetero) is 1. The van der Waals surface area contributed by atoms with E-state index in [1.54, 1.807) is 11.4 Å². The normalized spacial score (nSPS) is 14.3. The van der Waals surface area contributed by atoms with Crippen molar-refractivity contribution in [3.8, 4) is 0 Å². The molecule has 2 rings (SSSR count). The lowest BCUT2D eigenvalue weighted by molar-refractivity contribution is -0.138. The van der Waals surface area contributed by atoms with Crippen molar-refractivity contribution in [3.05, 3.63) is 34.9 Å². The summed E-state index contributed by atoms with van der Waals surface area (Å²) in [5, 5.41) is 1.76. The molecule has 3 nitrogen and oxygen atoms in total. The number of carbonyl (C=O) groups is 2. The van der Waals surface area contributed by atoms with Crippen LogP contribution in [0.2, 0.25) is 0 Å². The smallest absolute Gasteiger partial charge is 0.347 e. The first-order valence-electron chi connectivity index (χ1n) is 7.33.